The van der Waals surface area contributed by atoms with Crippen LogP contribution in [-0.4, -0.2) is 25.6 Å². The van der Waals surface area contributed by atoms with Gasteiger partial charge in [0.1, 0.15) is 5.82 Å². The number of aliphatic hydroxyl groups excluding tert-OH is 1. The van der Waals surface area contributed by atoms with E-state index in [1.807, 2.05) is 27.7 Å². The van der Waals surface area contributed by atoms with E-state index >= 15 is 0 Å². The van der Waals surface area contributed by atoms with Gasteiger partial charge in [-0.1, -0.05) is 13.8 Å². The molecule has 0 aliphatic rings. The number of rotatable bonds is 4. The Hall–Kier alpha value is -1.10. The average Bonchev–Trinajstić information content (AvgIpc) is 2.43. The van der Waals surface area contributed by atoms with Crippen molar-refractivity contribution in [3.63, 3.8) is 0 Å². The second kappa shape index (κ2) is 4.82. The van der Waals surface area contributed by atoms with E-state index in [1.165, 1.54) is 4.68 Å². The first kappa shape index (κ1) is 13.0. The molecule has 92 valence electrons. The molecule has 1 rings (SSSR count). The fraction of sp³-hybridized carbons (Fsp3) is 0.818. The van der Waals surface area contributed by atoms with Crippen LogP contribution in [0, 0.1) is 0 Å². The lowest BCUT2D eigenvalue weighted by Gasteiger charge is -2.10. The molecule has 0 aromatic carbocycles. The van der Waals surface area contributed by atoms with Crippen molar-refractivity contribution in [1.29, 1.82) is 0 Å². The van der Waals surface area contributed by atoms with Crippen molar-refractivity contribution < 1.29 is 5.11 Å². The standard InChI is InChI=1S/C11H21N3O2/c1-7(2)10-12-13(6-9(5)15)11(16)14(10)8(3)4/h7-9,15H,6H2,1-5H3. The molecule has 0 amide bonds. The smallest absolute Gasteiger partial charge is 0.346 e. The van der Waals surface area contributed by atoms with Gasteiger partial charge in [0.05, 0.1) is 12.6 Å². The highest BCUT2D eigenvalue weighted by atomic mass is 16.3. The maximum absolute atomic E-state index is 12.0. The summed E-state index contributed by atoms with van der Waals surface area (Å²) in [4.78, 5) is 12.0. The Morgan fingerprint density at radius 2 is 1.81 bits per heavy atom. The zero-order valence-corrected chi connectivity index (χ0v) is 10.6. The largest absolute Gasteiger partial charge is 0.391 e. The SMILES string of the molecule is CC(O)Cn1nc(C(C)C)n(C(C)C)c1=O. The number of hydrogen-bond donors (Lipinski definition) is 1. The number of nitrogens with zero attached hydrogens (tertiary/aromatic N) is 3. The van der Waals surface area contributed by atoms with Gasteiger partial charge in [-0.25, -0.2) is 9.48 Å². The molecule has 1 atom stereocenters. The van der Waals surface area contributed by atoms with E-state index in [1.54, 1.807) is 11.5 Å². The Balaban J connectivity index is 3.25. The van der Waals surface area contributed by atoms with Crippen molar-refractivity contribution in [2.24, 2.45) is 0 Å². The molecule has 0 aliphatic heterocycles. The van der Waals surface area contributed by atoms with Crippen LogP contribution in [0.5, 0.6) is 0 Å². The van der Waals surface area contributed by atoms with Gasteiger partial charge in [0.15, 0.2) is 0 Å². The van der Waals surface area contributed by atoms with Gasteiger partial charge in [0.25, 0.3) is 0 Å². The average molecular weight is 227 g/mol. The zero-order valence-electron chi connectivity index (χ0n) is 10.6. The van der Waals surface area contributed by atoms with Gasteiger partial charge in [-0.15, -0.1) is 0 Å². The van der Waals surface area contributed by atoms with Crippen molar-refractivity contribution in [3.8, 4) is 0 Å². The first-order chi connectivity index (χ1) is 7.34. The fourth-order valence-electron chi connectivity index (χ4n) is 1.69. The van der Waals surface area contributed by atoms with E-state index in [4.69, 9.17) is 0 Å². The van der Waals surface area contributed by atoms with Crippen LogP contribution >= 0.6 is 0 Å². The monoisotopic (exact) mass is 227 g/mol. The normalized spacial score (nSPS) is 13.8. The van der Waals surface area contributed by atoms with Crippen molar-refractivity contribution >= 4 is 0 Å². The Bertz CT molecular complexity index is 402. The van der Waals surface area contributed by atoms with Crippen molar-refractivity contribution in [2.75, 3.05) is 0 Å². The molecule has 0 aliphatic carbocycles. The Morgan fingerprint density at radius 1 is 1.25 bits per heavy atom. The van der Waals surface area contributed by atoms with Crippen LogP contribution in [0.4, 0.5) is 0 Å². The minimum absolute atomic E-state index is 0.0904. The molecule has 5 nitrogen and oxygen atoms in total. The zero-order chi connectivity index (χ0) is 12.5. The van der Waals surface area contributed by atoms with E-state index < -0.39 is 6.10 Å². The quantitative estimate of drug-likeness (QED) is 0.838. The third-order valence-corrected chi connectivity index (χ3v) is 2.37. The molecule has 0 bridgehead atoms. The Labute approximate surface area is 95.7 Å². The number of hydrogen-bond acceptors (Lipinski definition) is 3. The van der Waals surface area contributed by atoms with Gasteiger partial charge in [-0.3, -0.25) is 4.57 Å². The third kappa shape index (κ3) is 2.52. The van der Waals surface area contributed by atoms with Crippen LogP contribution in [0.2, 0.25) is 0 Å². The minimum atomic E-state index is -0.562. The summed E-state index contributed by atoms with van der Waals surface area (Å²) in [7, 11) is 0. The molecule has 1 N–H and O–H groups in total. The second-order valence-corrected chi connectivity index (χ2v) is 4.79. The summed E-state index contributed by atoms with van der Waals surface area (Å²) in [6.07, 6.45) is -0.562. The lowest BCUT2D eigenvalue weighted by molar-refractivity contribution is 0.166. The van der Waals surface area contributed by atoms with Crippen LogP contribution in [-0.2, 0) is 6.54 Å². The van der Waals surface area contributed by atoms with E-state index in [9.17, 15) is 9.90 Å². The highest BCUT2D eigenvalue weighted by molar-refractivity contribution is 4.95. The molecule has 1 unspecified atom stereocenters. The van der Waals surface area contributed by atoms with Gasteiger partial charge in [0, 0.05) is 12.0 Å². The van der Waals surface area contributed by atoms with Gasteiger partial charge in [-0.05, 0) is 20.8 Å². The molecule has 0 fully saturated rings. The number of aliphatic hydroxyl groups is 1. The summed E-state index contributed by atoms with van der Waals surface area (Å²) in [5.74, 6) is 0.978. The minimum Gasteiger partial charge on any atom is -0.391 e. The molecule has 16 heavy (non-hydrogen) atoms. The summed E-state index contributed by atoms with van der Waals surface area (Å²) in [5, 5.41) is 13.6. The molecule has 0 radical (unpaired) electrons. The van der Waals surface area contributed by atoms with Gasteiger partial charge < -0.3 is 5.11 Å². The maximum Gasteiger partial charge on any atom is 0.346 e. The van der Waals surface area contributed by atoms with Gasteiger partial charge >= 0.3 is 5.69 Å². The topological polar surface area (TPSA) is 60.0 Å². The highest BCUT2D eigenvalue weighted by Gasteiger charge is 2.18. The van der Waals surface area contributed by atoms with Crippen LogP contribution in [0.25, 0.3) is 0 Å². The van der Waals surface area contributed by atoms with E-state index in [-0.39, 0.29) is 24.2 Å². The third-order valence-electron chi connectivity index (χ3n) is 2.37. The summed E-state index contributed by atoms with van der Waals surface area (Å²) in [5.41, 5.74) is -0.139. The summed E-state index contributed by atoms with van der Waals surface area (Å²) >= 11 is 0. The first-order valence-electron chi connectivity index (χ1n) is 5.71. The fourth-order valence-corrected chi connectivity index (χ4v) is 1.69. The highest BCUT2D eigenvalue weighted by Crippen LogP contribution is 2.13. The lowest BCUT2D eigenvalue weighted by atomic mass is 10.2. The van der Waals surface area contributed by atoms with Crippen molar-refractivity contribution in [2.45, 2.75) is 59.2 Å². The second-order valence-electron chi connectivity index (χ2n) is 4.79. The van der Waals surface area contributed by atoms with Crippen LogP contribution in [0.15, 0.2) is 4.79 Å². The molecule has 5 heteroatoms. The predicted octanol–water partition coefficient (Wildman–Crippen LogP) is 1.13. The molecular weight excluding hydrogens is 206 g/mol. The Morgan fingerprint density at radius 3 is 2.12 bits per heavy atom. The van der Waals surface area contributed by atoms with Gasteiger partial charge in [-0.2, -0.15) is 5.10 Å². The van der Waals surface area contributed by atoms with Crippen LogP contribution < -0.4 is 5.69 Å². The summed E-state index contributed by atoms with van der Waals surface area (Å²) in [6.45, 7) is 9.83. The van der Waals surface area contributed by atoms with Gasteiger partial charge in [0.2, 0.25) is 0 Å². The molecule has 0 spiro atoms. The first-order valence-corrected chi connectivity index (χ1v) is 5.71. The lowest BCUT2D eigenvalue weighted by Crippen LogP contribution is -2.29. The molecule has 1 aromatic rings. The summed E-state index contributed by atoms with van der Waals surface area (Å²) < 4.78 is 3.03. The van der Waals surface area contributed by atoms with Crippen LogP contribution in [0.1, 0.15) is 52.4 Å². The van der Waals surface area contributed by atoms with Crippen molar-refractivity contribution in [1.82, 2.24) is 14.3 Å². The molecule has 1 heterocycles. The molecule has 1 aromatic heterocycles. The van der Waals surface area contributed by atoms with E-state index in [0.29, 0.717) is 0 Å². The molecular formula is C11H21N3O2. The van der Waals surface area contributed by atoms with E-state index in [0.717, 1.165) is 5.82 Å². The molecule has 0 saturated carbocycles. The van der Waals surface area contributed by atoms with E-state index in [2.05, 4.69) is 5.10 Å². The predicted molar refractivity (Wildman–Crippen MR) is 62.6 cm³/mol. The van der Waals surface area contributed by atoms with Crippen LogP contribution in [0.3, 0.4) is 0 Å². The molecule has 0 saturated heterocycles. The number of aromatic nitrogens is 3. The van der Waals surface area contributed by atoms with Crippen molar-refractivity contribution in [3.05, 3.63) is 16.3 Å². The Kier molecular flexibility index (Phi) is 3.91. The summed E-state index contributed by atoms with van der Waals surface area (Å²) in [6, 6.07) is 0.0904. The maximum atomic E-state index is 12.0.